The molecule has 0 aliphatic rings. The number of hydrogen-bond donors (Lipinski definition) is 1. The van der Waals surface area contributed by atoms with Gasteiger partial charge in [-0.3, -0.25) is 9.59 Å². The summed E-state index contributed by atoms with van der Waals surface area (Å²) in [5.74, 6) is 0.521. The molecule has 6 heteroatoms. The Bertz CT molecular complexity index is 745. The predicted molar refractivity (Wildman–Crippen MR) is 107 cm³/mol. The zero-order valence-corrected chi connectivity index (χ0v) is 16.5. The van der Waals surface area contributed by atoms with E-state index in [1.165, 1.54) is 6.92 Å². The van der Waals surface area contributed by atoms with Gasteiger partial charge in [0.25, 0.3) is 0 Å². The number of carbonyl (C=O) groups excluding carboxylic acids is 2. The number of benzene rings is 2. The number of carbonyl (C=O) groups is 2. The van der Waals surface area contributed by atoms with Crippen molar-refractivity contribution in [1.82, 2.24) is 10.2 Å². The summed E-state index contributed by atoms with van der Waals surface area (Å²) in [7, 11) is 1.62. The van der Waals surface area contributed by atoms with Crippen molar-refractivity contribution in [2.75, 3.05) is 26.7 Å². The molecule has 0 aliphatic heterocycles. The fourth-order valence-corrected chi connectivity index (χ4v) is 2.76. The average Bonchev–Trinajstić information content (AvgIpc) is 2.67. The first-order chi connectivity index (χ1) is 13.0. The molecule has 0 atom stereocenters. The third kappa shape index (κ3) is 7.31. The standard InChI is InChI=1S/C21H25ClN2O3/c1-16(25)24(14-12-18-5-9-20(27-2)10-6-18)15-21(26)23-13-11-17-3-7-19(22)8-4-17/h3-10H,11-15H2,1-2H3,(H,23,26). The van der Waals surface area contributed by atoms with Gasteiger partial charge in [0.15, 0.2) is 0 Å². The van der Waals surface area contributed by atoms with Gasteiger partial charge in [-0.15, -0.1) is 0 Å². The molecule has 144 valence electrons. The molecule has 0 saturated heterocycles. The zero-order valence-electron chi connectivity index (χ0n) is 15.7. The topological polar surface area (TPSA) is 58.6 Å². The van der Waals surface area contributed by atoms with E-state index in [1.807, 2.05) is 48.5 Å². The molecule has 0 heterocycles. The van der Waals surface area contributed by atoms with Crippen LogP contribution in [0.15, 0.2) is 48.5 Å². The van der Waals surface area contributed by atoms with E-state index in [4.69, 9.17) is 16.3 Å². The number of rotatable bonds is 9. The predicted octanol–water partition coefficient (Wildman–Crippen LogP) is 3.10. The molecule has 1 N–H and O–H groups in total. The SMILES string of the molecule is COc1ccc(CCN(CC(=O)NCCc2ccc(Cl)cc2)C(C)=O)cc1. The molecule has 2 amide bonds. The molecule has 2 aromatic carbocycles. The van der Waals surface area contributed by atoms with Crippen LogP contribution in [0.5, 0.6) is 5.75 Å². The first-order valence-corrected chi connectivity index (χ1v) is 9.25. The highest BCUT2D eigenvalue weighted by Crippen LogP contribution is 2.12. The van der Waals surface area contributed by atoms with Crippen LogP contribution in [0.1, 0.15) is 18.1 Å². The minimum Gasteiger partial charge on any atom is -0.497 e. The molecule has 0 radical (unpaired) electrons. The van der Waals surface area contributed by atoms with E-state index in [0.29, 0.717) is 24.5 Å². The summed E-state index contributed by atoms with van der Waals surface area (Å²) in [4.78, 5) is 25.6. The number of amides is 2. The Labute approximate surface area is 165 Å². The van der Waals surface area contributed by atoms with Gasteiger partial charge in [0.1, 0.15) is 5.75 Å². The average molecular weight is 389 g/mol. The van der Waals surface area contributed by atoms with E-state index in [1.54, 1.807) is 12.0 Å². The van der Waals surface area contributed by atoms with E-state index in [2.05, 4.69) is 5.32 Å². The number of methoxy groups -OCH3 is 1. The molecule has 0 bridgehead atoms. The molecule has 0 fully saturated rings. The molecule has 5 nitrogen and oxygen atoms in total. The Morgan fingerprint density at radius 1 is 1.00 bits per heavy atom. The van der Waals surface area contributed by atoms with E-state index < -0.39 is 0 Å². The number of ether oxygens (including phenoxy) is 1. The summed E-state index contributed by atoms with van der Waals surface area (Å²) in [6.45, 7) is 2.55. The van der Waals surface area contributed by atoms with Crippen LogP contribution in [0.4, 0.5) is 0 Å². The lowest BCUT2D eigenvalue weighted by Gasteiger charge is -2.20. The van der Waals surface area contributed by atoms with E-state index in [0.717, 1.165) is 23.3 Å². The van der Waals surface area contributed by atoms with Crippen molar-refractivity contribution in [3.63, 3.8) is 0 Å². The van der Waals surface area contributed by atoms with Crippen molar-refractivity contribution < 1.29 is 14.3 Å². The van der Waals surface area contributed by atoms with Crippen LogP contribution in [0.25, 0.3) is 0 Å². The number of halogens is 1. The maximum atomic E-state index is 12.2. The van der Waals surface area contributed by atoms with Crippen molar-refractivity contribution in [2.45, 2.75) is 19.8 Å². The highest BCUT2D eigenvalue weighted by Gasteiger charge is 2.13. The second kappa shape index (κ2) is 10.6. The van der Waals surface area contributed by atoms with E-state index >= 15 is 0 Å². The van der Waals surface area contributed by atoms with Crippen LogP contribution in [0, 0.1) is 0 Å². The van der Waals surface area contributed by atoms with Gasteiger partial charge in [-0.2, -0.15) is 0 Å². The van der Waals surface area contributed by atoms with Crippen LogP contribution in [0.2, 0.25) is 5.02 Å². The highest BCUT2D eigenvalue weighted by atomic mass is 35.5. The lowest BCUT2D eigenvalue weighted by molar-refractivity contribution is -0.134. The minimum absolute atomic E-state index is 0.0616. The third-order valence-corrected chi connectivity index (χ3v) is 4.51. The Morgan fingerprint density at radius 3 is 2.19 bits per heavy atom. The van der Waals surface area contributed by atoms with Gasteiger partial charge in [0.05, 0.1) is 13.7 Å². The van der Waals surface area contributed by atoms with Crippen molar-refractivity contribution >= 4 is 23.4 Å². The smallest absolute Gasteiger partial charge is 0.239 e. The first-order valence-electron chi connectivity index (χ1n) is 8.87. The molecule has 0 unspecified atom stereocenters. The largest absolute Gasteiger partial charge is 0.497 e. The highest BCUT2D eigenvalue weighted by molar-refractivity contribution is 6.30. The molecule has 27 heavy (non-hydrogen) atoms. The van der Waals surface area contributed by atoms with Crippen molar-refractivity contribution in [1.29, 1.82) is 0 Å². The van der Waals surface area contributed by atoms with E-state index in [-0.39, 0.29) is 18.4 Å². The number of nitrogens with zero attached hydrogens (tertiary/aromatic N) is 1. The van der Waals surface area contributed by atoms with Crippen LogP contribution >= 0.6 is 11.6 Å². The van der Waals surface area contributed by atoms with Crippen LogP contribution < -0.4 is 10.1 Å². The van der Waals surface area contributed by atoms with Gasteiger partial charge in [0.2, 0.25) is 11.8 Å². The summed E-state index contributed by atoms with van der Waals surface area (Å²) in [6.07, 6.45) is 1.40. The molecule has 2 rings (SSSR count). The molecule has 0 aromatic heterocycles. The molecular weight excluding hydrogens is 364 g/mol. The van der Waals surface area contributed by atoms with Crippen LogP contribution in [-0.2, 0) is 22.4 Å². The van der Waals surface area contributed by atoms with Gasteiger partial charge in [-0.05, 0) is 48.2 Å². The summed E-state index contributed by atoms with van der Waals surface area (Å²) in [6, 6.07) is 15.2. The Hall–Kier alpha value is -2.53. The fraction of sp³-hybridized carbons (Fsp3) is 0.333. The Kier molecular flexibility index (Phi) is 8.14. The lowest BCUT2D eigenvalue weighted by Crippen LogP contribution is -2.41. The molecule has 0 saturated carbocycles. The second-order valence-electron chi connectivity index (χ2n) is 6.27. The molecule has 2 aromatic rings. The first kappa shape index (κ1) is 20.8. The van der Waals surface area contributed by atoms with Crippen LogP contribution in [0.3, 0.4) is 0 Å². The quantitative estimate of drug-likeness (QED) is 0.718. The summed E-state index contributed by atoms with van der Waals surface area (Å²) < 4.78 is 5.14. The zero-order chi connectivity index (χ0) is 19.6. The van der Waals surface area contributed by atoms with E-state index in [9.17, 15) is 9.59 Å². The normalized spacial score (nSPS) is 10.3. The molecule has 0 spiro atoms. The summed E-state index contributed by atoms with van der Waals surface area (Å²) in [5, 5.41) is 3.55. The van der Waals surface area contributed by atoms with Crippen molar-refractivity contribution in [3.8, 4) is 5.75 Å². The second-order valence-corrected chi connectivity index (χ2v) is 6.70. The fourth-order valence-electron chi connectivity index (χ4n) is 2.63. The number of hydrogen-bond acceptors (Lipinski definition) is 3. The Balaban J connectivity index is 1.77. The van der Waals surface area contributed by atoms with Gasteiger partial charge in [0, 0.05) is 25.0 Å². The molecular formula is C21H25ClN2O3. The van der Waals surface area contributed by atoms with Crippen molar-refractivity contribution in [3.05, 3.63) is 64.7 Å². The monoisotopic (exact) mass is 388 g/mol. The minimum atomic E-state index is -0.158. The maximum absolute atomic E-state index is 12.2. The van der Waals surface area contributed by atoms with Gasteiger partial charge < -0.3 is 15.0 Å². The maximum Gasteiger partial charge on any atom is 0.239 e. The van der Waals surface area contributed by atoms with Gasteiger partial charge >= 0.3 is 0 Å². The third-order valence-electron chi connectivity index (χ3n) is 4.26. The number of nitrogens with one attached hydrogen (secondary N) is 1. The summed E-state index contributed by atoms with van der Waals surface area (Å²) in [5.41, 5.74) is 2.19. The summed E-state index contributed by atoms with van der Waals surface area (Å²) >= 11 is 5.86. The van der Waals surface area contributed by atoms with Crippen LogP contribution in [-0.4, -0.2) is 43.5 Å². The Morgan fingerprint density at radius 2 is 1.59 bits per heavy atom. The lowest BCUT2D eigenvalue weighted by atomic mass is 10.1. The molecule has 0 aliphatic carbocycles. The van der Waals surface area contributed by atoms with Gasteiger partial charge in [-0.1, -0.05) is 35.9 Å². The van der Waals surface area contributed by atoms with Gasteiger partial charge in [-0.25, -0.2) is 0 Å². The van der Waals surface area contributed by atoms with Crippen molar-refractivity contribution in [2.24, 2.45) is 0 Å².